The molecule has 0 saturated heterocycles. The Balaban J connectivity index is 1.69. The van der Waals surface area contributed by atoms with Gasteiger partial charge in [-0.15, -0.1) is 0 Å². The molecule has 0 bridgehead atoms. The average Bonchev–Trinajstić information content (AvgIpc) is 2.73. The van der Waals surface area contributed by atoms with Gasteiger partial charge in [0.2, 0.25) is 0 Å². The molecule has 7 nitrogen and oxygen atoms in total. The van der Waals surface area contributed by atoms with E-state index in [0.717, 1.165) is 5.56 Å². The SMILES string of the molecule is COc1cc(/C=N/Nc2ccc([N+](=O)[O-])cc2)cc(Cl)c1OCc1ccccc1. The van der Waals surface area contributed by atoms with Crippen LogP contribution in [0.4, 0.5) is 11.4 Å². The van der Waals surface area contributed by atoms with Crippen LogP contribution in [-0.4, -0.2) is 18.2 Å². The molecule has 8 heteroatoms. The average molecular weight is 412 g/mol. The number of nitro benzene ring substituents is 1. The van der Waals surface area contributed by atoms with Crippen LogP contribution in [0.5, 0.6) is 11.5 Å². The molecule has 0 atom stereocenters. The lowest BCUT2D eigenvalue weighted by molar-refractivity contribution is -0.384. The third-order valence-corrected chi connectivity index (χ3v) is 4.24. The summed E-state index contributed by atoms with van der Waals surface area (Å²) in [6, 6.07) is 19.2. The lowest BCUT2D eigenvalue weighted by atomic mass is 10.2. The van der Waals surface area contributed by atoms with Crippen LogP contribution in [0.1, 0.15) is 11.1 Å². The summed E-state index contributed by atoms with van der Waals surface area (Å²) in [5.41, 5.74) is 5.16. The number of non-ortho nitro benzene ring substituents is 1. The molecule has 1 N–H and O–H groups in total. The van der Waals surface area contributed by atoms with E-state index in [4.69, 9.17) is 21.1 Å². The molecular weight excluding hydrogens is 394 g/mol. The number of hydrazone groups is 1. The zero-order valence-corrected chi connectivity index (χ0v) is 16.3. The van der Waals surface area contributed by atoms with Gasteiger partial charge in [-0.2, -0.15) is 5.10 Å². The van der Waals surface area contributed by atoms with Crippen LogP contribution < -0.4 is 14.9 Å². The molecule has 0 amide bonds. The Hall–Kier alpha value is -3.58. The van der Waals surface area contributed by atoms with Crippen LogP contribution in [-0.2, 0) is 6.61 Å². The number of halogens is 1. The fourth-order valence-corrected chi connectivity index (χ4v) is 2.80. The van der Waals surface area contributed by atoms with Crippen molar-refractivity contribution in [2.24, 2.45) is 5.10 Å². The summed E-state index contributed by atoms with van der Waals surface area (Å²) in [6.07, 6.45) is 1.57. The van der Waals surface area contributed by atoms with Gasteiger partial charge in [-0.25, -0.2) is 0 Å². The van der Waals surface area contributed by atoms with E-state index in [1.807, 2.05) is 30.3 Å². The number of methoxy groups -OCH3 is 1. The van der Waals surface area contributed by atoms with Crippen molar-refractivity contribution >= 4 is 29.2 Å². The molecule has 0 unspecified atom stereocenters. The van der Waals surface area contributed by atoms with Crippen LogP contribution >= 0.6 is 11.6 Å². The molecule has 3 rings (SSSR count). The minimum Gasteiger partial charge on any atom is -0.493 e. The van der Waals surface area contributed by atoms with Gasteiger partial charge >= 0.3 is 0 Å². The molecule has 0 saturated carbocycles. The monoisotopic (exact) mass is 411 g/mol. The predicted octanol–water partition coefficient (Wildman–Crippen LogP) is 5.28. The Bertz CT molecular complexity index is 1010. The first-order valence-electron chi connectivity index (χ1n) is 8.64. The zero-order chi connectivity index (χ0) is 20.6. The van der Waals surface area contributed by atoms with E-state index in [-0.39, 0.29) is 5.69 Å². The maximum atomic E-state index is 10.7. The number of nitrogens with zero attached hydrogens (tertiary/aromatic N) is 2. The lowest BCUT2D eigenvalue weighted by Gasteiger charge is -2.13. The van der Waals surface area contributed by atoms with Gasteiger partial charge in [0.1, 0.15) is 6.61 Å². The van der Waals surface area contributed by atoms with Gasteiger partial charge in [-0.3, -0.25) is 15.5 Å². The first kappa shape index (κ1) is 20.2. The maximum absolute atomic E-state index is 10.7. The minimum atomic E-state index is -0.456. The Morgan fingerprint density at radius 3 is 2.52 bits per heavy atom. The molecule has 0 aliphatic rings. The lowest BCUT2D eigenvalue weighted by Crippen LogP contribution is -1.99. The van der Waals surface area contributed by atoms with E-state index in [1.165, 1.54) is 19.2 Å². The van der Waals surface area contributed by atoms with Crippen molar-refractivity contribution in [3.63, 3.8) is 0 Å². The second kappa shape index (κ2) is 9.57. The highest BCUT2D eigenvalue weighted by atomic mass is 35.5. The number of nitrogens with one attached hydrogen (secondary N) is 1. The summed E-state index contributed by atoms with van der Waals surface area (Å²) < 4.78 is 11.2. The van der Waals surface area contributed by atoms with Gasteiger partial charge in [-0.05, 0) is 35.4 Å². The molecule has 3 aromatic rings. The maximum Gasteiger partial charge on any atom is 0.269 e. The topological polar surface area (TPSA) is 86.0 Å². The standard InChI is InChI=1S/C21H18ClN3O4/c1-28-20-12-16(13-23-24-17-7-9-18(10-8-17)25(26)27)11-19(22)21(20)29-14-15-5-3-2-4-6-15/h2-13,24H,14H2,1H3/b23-13+. The summed E-state index contributed by atoms with van der Waals surface area (Å²) in [7, 11) is 1.54. The smallest absolute Gasteiger partial charge is 0.269 e. The molecular formula is C21H18ClN3O4. The number of rotatable bonds is 8. The first-order valence-corrected chi connectivity index (χ1v) is 9.02. The van der Waals surface area contributed by atoms with E-state index < -0.39 is 4.92 Å². The largest absolute Gasteiger partial charge is 0.493 e. The third-order valence-electron chi connectivity index (χ3n) is 3.96. The van der Waals surface area contributed by atoms with Crippen LogP contribution in [0.25, 0.3) is 0 Å². The molecule has 148 valence electrons. The summed E-state index contributed by atoms with van der Waals surface area (Å²) in [5, 5.41) is 15.2. The second-order valence-corrected chi connectivity index (χ2v) is 6.39. The van der Waals surface area contributed by atoms with Crippen molar-refractivity contribution in [2.75, 3.05) is 12.5 Å². The first-order chi connectivity index (χ1) is 14.1. The van der Waals surface area contributed by atoms with Gasteiger partial charge in [0.05, 0.1) is 29.0 Å². The van der Waals surface area contributed by atoms with Gasteiger partial charge in [0, 0.05) is 12.1 Å². The molecule has 0 fully saturated rings. The van der Waals surface area contributed by atoms with Crippen molar-refractivity contribution < 1.29 is 14.4 Å². The number of benzene rings is 3. The summed E-state index contributed by atoms with van der Waals surface area (Å²) in [6.45, 7) is 0.367. The fourth-order valence-electron chi connectivity index (χ4n) is 2.52. The van der Waals surface area contributed by atoms with E-state index in [9.17, 15) is 10.1 Å². The van der Waals surface area contributed by atoms with E-state index in [1.54, 1.807) is 30.5 Å². The number of anilines is 1. The van der Waals surface area contributed by atoms with Crippen molar-refractivity contribution in [1.29, 1.82) is 0 Å². The predicted molar refractivity (Wildman–Crippen MR) is 113 cm³/mol. The molecule has 0 heterocycles. The molecule has 0 spiro atoms. The highest BCUT2D eigenvalue weighted by molar-refractivity contribution is 6.32. The third kappa shape index (κ3) is 5.46. The van der Waals surface area contributed by atoms with E-state index >= 15 is 0 Å². The number of nitro groups is 1. The Morgan fingerprint density at radius 2 is 1.86 bits per heavy atom. The molecule has 0 aromatic heterocycles. The van der Waals surface area contributed by atoms with Crippen LogP contribution in [0.2, 0.25) is 5.02 Å². The summed E-state index contributed by atoms with van der Waals surface area (Å²) >= 11 is 6.37. The van der Waals surface area contributed by atoms with Gasteiger partial charge in [0.15, 0.2) is 11.5 Å². The van der Waals surface area contributed by atoms with Gasteiger partial charge in [-0.1, -0.05) is 41.9 Å². The Morgan fingerprint density at radius 1 is 1.14 bits per heavy atom. The van der Waals surface area contributed by atoms with E-state index in [0.29, 0.717) is 34.4 Å². The van der Waals surface area contributed by atoms with Gasteiger partial charge in [0.25, 0.3) is 5.69 Å². The molecule has 0 aliphatic heterocycles. The van der Waals surface area contributed by atoms with Crippen molar-refractivity contribution in [2.45, 2.75) is 6.61 Å². The highest BCUT2D eigenvalue weighted by Gasteiger charge is 2.12. The Labute approximate surface area is 172 Å². The second-order valence-electron chi connectivity index (χ2n) is 5.98. The summed E-state index contributed by atoms with van der Waals surface area (Å²) in [5.74, 6) is 0.948. The molecule has 3 aromatic carbocycles. The van der Waals surface area contributed by atoms with Crippen LogP contribution in [0.15, 0.2) is 71.8 Å². The van der Waals surface area contributed by atoms with Crippen LogP contribution in [0, 0.1) is 10.1 Å². The molecule has 29 heavy (non-hydrogen) atoms. The number of hydrogen-bond donors (Lipinski definition) is 1. The van der Waals surface area contributed by atoms with Crippen molar-refractivity contribution in [1.82, 2.24) is 0 Å². The summed E-state index contributed by atoms with van der Waals surface area (Å²) in [4.78, 5) is 10.2. The number of hydrogen-bond acceptors (Lipinski definition) is 6. The zero-order valence-electron chi connectivity index (χ0n) is 15.5. The molecule has 0 aliphatic carbocycles. The number of ether oxygens (including phenoxy) is 2. The molecule has 0 radical (unpaired) electrons. The normalized spacial score (nSPS) is 10.7. The van der Waals surface area contributed by atoms with E-state index in [2.05, 4.69) is 10.5 Å². The Kier molecular flexibility index (Phi) is 6.65. The van der Waals surface area contributed by atoms with Crippen molar-refractivity contribution in [3.8, 4) is 11.5 Å². The fraction of sp³-hybridized carbons (Fsp3) is 0.0952. The van der Waals surface area contributed by atoms with Gasteiger partial charge < -0.3 is 9.47 Å². The highest BCUT2D eigenvalue weighted by Crippen LogP contribution is 2.36. The minimum absolute atomic E-state index is 0.0159. The van der Waals surface area contributed by atoms with Crippen LogP contribution in [0.3, 0.4) is 0 Å². The van der Waals surface area contributed by atoms with Crippen molar-refractivity contribution in [3.05, 3.63) is 93.0 Å². The quantitative estimate of drug-likeness (QED) is 0.309.